The molecule has 2 rings (SSSR count). The van der Waals surface area contributed by atoms with Crippen molar-refractivity contribution < 1.29 is 19.9 Å². The molecule has 1 saturated heterocycles. The Morgan fingerprint density at radius 3 is 2.75 bits per heavy atom. The number of phenols is 1. The molecule has 1 fully saturated rings. The first kappa shape index (κ1) is 14.3. The molecule has 0 aromatic heterocycles. The molecular formula is C13H16N2O5. The minimum Gasteiger partial charge on any atom is -0.501 e. The summed E-state index contributed by atoms with van der Waals surface area (Å²) in [6.45, 7) is 4.35. The summed E-state index contributed by atoms with van der Waals surface area (Å²) in [6, 6.07) is 2.54. The standard InChI is InChI=1S/C13H16N2O5/c1-8-2-3-14(6-8)7-9-4-10(13(17)18)12(16)11(5-9)15(19)20/h4-5,8,16H,2-3,6-7H2,1H3,(H,17,18)/t8-/m1/s1. The van der Waals surface area contributed by atoms with Crippen LogP contribution in [-0.2, 0) is 6.54 Å². The van der Waals surface area contributed by atoms with E-state index in [0.717, 1.165) is 19.5 Å². The minimum atomic E-state index is -1.37. The third-order valence-electron chi connectivity index (χ3n) is 3.49. The lowest BCUT2D eigenvalue weighted by Gasteiger charge is -2.15. The molecule has 1 aromatic carbocycles. The van der Waals surface area contributed by atoms with Crippen LogP contribution in [0.5, 0.6) is 5.75 Å². The molecule has 0 spiro atoms. The van der Waals surface area contributed by atoms with Crippen LogP contribution in [0.1, 0.15) is 29.3 Å². The zero-order valence-electron chi connectivity index (χ0n) is 11.1. The molecule has 1 aliphatic rings. The molecule has 108 valence electrons. The van der Waals surface area contributed by atoms with E-state index in [1.54, 1.807) is 0 Å². The van der Waals surface area contributed by atoms with E-state index in [0.29, 0.717) is 18.0 Å². The topological polar surface area (TPSA) is 104 Å². The molecule has 1 heterocycles. The van der Waals surface area contributed by atoms with Crippen molar-refractivity contribution in [2.75, 3.05) is 13.1 Å². The second-order valence-electron chi connectivity index (χ2n) is 5.20. The summed E-state index contributed by atoms with van der Waals surface area (Å²) in [6.07, 6.45) is 1.06. The van der Waals surface area contributed by atoms with Crippen LogP contribution in [0.15, 0.2) is 12.1 Å². The summed E-state index contributed by atoms with van der Waals surface area (Å²) < 4.78 is 0. The highest BCUT2D eigenvalue weighted by Crippen LogP contribution is 2.32. The zero-order chi connectivity index (χ0) is 14.9. The monoisotopic (exact) mass is 280 g/mol. The van der Waals surface area contributed by atoms with Crippen LogP contribution in [0, 0.1) is 16.0 Å². The van der Waals surface area contributed by atoms with Gasteiger partial charge in [0.15, 0.2) is 0 Å². The predicted molar refractivity (Wildman–Crippen MR) is 70.8 cm³/mol. The van der Waals surface area contributed by atoms with Crippen LogP contribution in [0.25, 0.3) is 0 Å². The quantitative estimate of drug-likeness (QED) is 0.644. The Kier molecular flexibility index (Phi) is 3.89. The highest BCUT2D eigenvalue weighted by molar-refractivity contribution is 5.92. The fraction of sp³-hybridized carbons (Fsp3) is 0.462. The van der Waals surface area contributed by atoms with Crippen LogP contribution in [-0.4, -0.2) is 39.1 Å². The van der Waals surface area contributed by atoms with Gasteiger partial charge in [-0.1, -0.05) is 6.92 Å². The maximum atomic E-state index is 11.0. The number of carboxylic acids is 1. The van der Waals surface area contributed by atoms with E-state index < -0.39 is 27.9 Å². The first-order chi connectivity index (χ1) is 9.38. The summed E-state index contributed by atoms with van der Waals surface area (Å²) in [5, 5.41) is 29.5. The van der Waals surface area contributed by atoms with Gasteiger partial charge in [-0.25, -0.2) is 4.79 Å². The van der Waals surface area contributed by atoms with Crippen molar-refractivity contribution in [2.24, 2.45) is 5.92 Å². The van der Waals surface area contributed by atoms with Gasteiger partial charge in [-0.05, 0) is 30.5 Å². The lowest BCUT2D eigenvalue weighted by Crippen LogP contribution is -2.20. The molecule has 0 amide bonds. The van der Waals surface area contributed by atoms with Crippen molar-refractivity contribution >= 4 is 11.7 Å². The maximum Gasteiger partial charge on any atom is 0.339 e. The van der Waals surface area contributed by atoms with Crippen LogP contribution in [0.2, 0.25) is 0 Å². The van der Waals surface area contributed by atoms with E-state index in [-0.39, 0.29) is 0 Å². The second-order valence-corrected chi connectivity index (χ2v) is 5.20. The number of nitrogens with zero attached hydrogens (tertiary/aromatic N) is 2. The van der Waals surface area contributed by atoms with E-state index in [1.807, 2.05) is 0 Å². The van der Waals surface area contributed by atoms with Gasteiger partial charge in [-0.3, -0.25) is 15.0 Å². The summed E-state index contributed by atoms with van der Waals surface area (Å²) >= 11 is 0. The van der Waals surface area contributed by atoms with Gasteiger partial charge in [0, 0.05) is 19.2 Å². The van der Waals surface area contributed by atoms with Gasteiger partial charge < -0.3 is 10.2 Å². The smallest absolute Gasteiger partial charge is 0.339 e. The molecule has 0 bridgehead atoms. The van der Waals surface area contributed by atoms with Crippen molar-refractivity contribution in [2.45, 2.75) is 19.9 Å². The summed E-state index contributed by atoms with van der Waals surface area (Å²) in [4.78, 5) is 23.3. The van der Waals surface area contributed by atoms with E-state index >= 15 is 0 Å². The van der Waals surface area contributed by atoms with E-state index in [1.165, 1.54) is 12.1 Å². The van der Waals surface area contributed by atoms with Gasteiger partial charge >= 0.3 is 11.7 Å². The Morgan fingerprint density at radius 1 is 1.55 bits per heavy atom. The fourth-order valence-corrected chi connectivity index (χ4v) is 2.50. The summed E-state index contributed by atoms with van der Waals surface area (Å²) in [7, 11) is 0. The molecule has 7 heteroatoms. The molecule has 20 heavy (non-hydrogen) atoms. The van der Waals surface area contributed by atoms with Crippen molar-refractivity contribution in [1.29, 1.82) is 0 Å². The lowest BCUT2D eigenvalue weighted by atomic mass is 10.1. The number of rotatable bonds is 4. The van der Waals surface area contributed by atoms with Gasteiger partial charge in [0.1, 0.15) is 5.56 Å². The highest BCUT2D eigenvalue weighted by atomic mass is 16.6. The molecule has 1 aliphatic heterocycles. The number of nitro groups is 1. The summed E-state index contributed by atoms with van der Waals surface area (Å²) in [5.41, 5.74) is -0.463. The molecule has 0 radical (unpaired) electrons. The third kappa shape index (κ3) is 2.88. The molecule has 7 nitrogen and oxygen atoms in total. The molecule has 2 N–H and O–H groups in total. The highest BCUT2D eigenvalue weighted by Gasteiger charge is 2.25. The Morgan fingerprint density at radius 2 is 2.25 bits per heavy atom. The number of hydrogen-bond acceptors (Lipinski definition) is 5. The van der Waals surface area contributed by atoms with Gasteiger partial charge in [-0.15, -0.1) is 0 Å². The Bertz CT molecular complexity index is 523. The number of hydrogen-bond donors (Lipinski definition) is 2. The van der Waals surface area contributed by atoms with Crippen molar-refractivity contribution in [1.82, 2.24) is 4.90 Å². The van der Waals surface area contributed by atoms with Crippen LogP contribution < -0.4 is 0 Å². The number of carbonyl (C=O) groups is 1. The average molecular weight is 280 g/mol. The second kappa shape index (κ2) is 5.46. The van der Waals surface area contributed by atoms with Crippen molar-refractivity contribution in [3.05, 3.63) is 33.4 Å². The zero-order valence-corrected chi connectivity index (χ0v) is 11.1. The Labute approximate surface area is 115 Å². The van der Waals surface area contributed by atoms with Crippen LogP contribution in [0.4, 0.5) is 5.69 Å². The SMILES string of the molecule is C[C@@H]1CCN(Cc2cc(C(=O)O)c(O)c([N+](=O)[O-])c2)C1. The van der Waals surface area contributed by atoms with Gasteiger partial charge in [0.25, 0.3) is 0 Å². The largest absolute Gasteiger partial charge is 0.501 e. The van der Waals surface area contributed by atoms with Gasteiger partial charge in [0.05, 0.1) is 4.92 Å². The molecule has 0 saturated carbocycles. The first-order valence-corrected chi connectivity index (χ1v) is 6.34. The molecular weight excluding hydrogens is 264 g/mol. The van der Waals surface area contributed by atoms with Crippen LogP contribution in [0.3, 0.4) is 0 Å². The first-order valence-electron chi connectivity index (χ1n) is 6.34. The molecule has 1 atom stereocenters. The van der Waals surface area contributed by atoms with Gasteiger partial charge in [-0.2, -0.15) is 0 Å². The van der Waals surface area contributed by atoms with E-state index in [2.05, 4.69) is 11.8 Å². The number of aromatic carboxylic acids is 1. The number of nitro benzene ring substituents is 1. The fourth-order valence-electron chi connectivity index (χ4n) is 2.50. The minimum absolute atomic E-state index is 0.429. The Balaban J connectivity index is 2.33. The number of carboxylic acid groups (broad SMARTS) is 1. The predicted octanol–water partition coefficient (Wildman–Crippen LogP) is 1.84. The maximum absolute atomic E-state index is 11.0. The van der Waals surface area contributed by atoms with Crippen molar-refractivity contribution in [3.8, 4) is 5.75 Å². The van der Waals surface area contributed by atoms with E-state index in [4.69, 9.17) is 5.11 Å². The Hall–Kier alpha value is -2.15. The number of benzene rings is 1. The number of aromatic hydroxyl groups is 1. The van der Waals surface area contributed by atoms with Crippen molar-refractivity contribution in [3.63, 3.8) is 0 Å². The van der Waals surface area contributed by atoms with Crippen LogP contribution >= 0.6 is 0 Å². The summed E-state index contributed by atoms with van der Waals surface area (Å²) in [5.74, 6) is -1.59. The van der Waals surface area contributed by atoms with Gasteiger partial charge in [0.2, 0.25) is 5.75 Å². The molecule has 0 unspecified atom stereocenters. The normalized spacial score (nSPS) is 19.1. The third-order valence-corrected chi connectivity index (χ3v) is 3.49. The number of likely N-dealkylation sites (tertiary alicyclic amines) is 1. The average Bonchev–Trinajstić information content (AvgIpc) is 2.76. The lowest BCUT2D eigenvalue weighted by molar-refractivity contribution is -0.386. The molecule has 0 aliphatic carbocycles. The molecule has 1 aromatic rings. The van der Waals surface area contributed by atoms with E-state index in [9.17, 15) is 20.0 Å².